The Balaban J connectivity index is 1.99. The summed E-state index contributed by atoms with van der Waals surface area (Å²) in [5.41, 5.74) is 1.27. The highest BCUT2D eigenvalue weighted by atomic mass is 32.2. The maximum atomic E-state index is 12.3. The summed E-state index contributed by atoms with van der Waals surface area (Å²) in [6.07, 6.45) is 1.09. The van der Waals surface area contributed by atoms with E-state index in [2.05, 4.69) is 20.8 Å². The SMILES string of the molecule is CCc1ccccc1NC(=O)CSc1nnc([C@H](NC(=O)OC(C)(C)C)[C@@H](C)CC)o1. The molecule has 0 saturated heterocycles. The van der Waals surface area contributed by atoms with Crippen LogP contribution in [0.15, 0.2) is 33.9 Å². The first-order valence-electron chi connectivity index (χ1n) is 10.5. The quantitative estimate of drug-likeness (QED) is 0.521. The number of carbonyl (C=O) groups excluding carboxylic acids is 2. The minimum Gasteiger partial charge on any atom is -0.444 e. The number of aromatic nitrogens is 2. The molecule has 1 aromatic carbocycles. The van der Waals surface area contributed by atoms with Gasteiger partial charge in [0.2, 0.25) is 11.8 Å². The summed E-state index contributed by atoms with van der Waals surface area (Å²) < 4.78 is 11.1. The molecule has 170 valence electrons. The number of aryl methyl sites for hydroxylation is 1. The highest BCUT2D eigenvalue weighted by Gasteiger charge is 2.28. The summed E-state index contributed by atoms with van der Waals surface area (Å²) in [6.45, 7) is 11.4. The number of anilines is 1. The Hall–Kier alpha value is -2.55. The molecule has 2 amide bonds. The Morgan fingerprint density at radius 2 is 1.90 bits per heavy atom. The van der Waals surface area contributed by atoms with Crippen LogP contribution in [0, 0.1) is 5.92 Å². The van der Waals surface area contributed by atoms with Crippen molar-refractivity contribution in [3.05, 3.63) is 35.7 Å². The molecule has 2 aromatic rings. The van der Waals surface area contributed by atoms with Crippen LogP contribution in [0.3, 0.4) is 0 Å². The zero-order valence-corrected chi connectivity index (χ0v) is 19.8. The molecule has 0 spiro atoms. The Kier molecular flexibility index (Phi) is 8.91. The van der Waals surface area contributed by atoms with Crippen LogP contribution in [-0.4, -0.2) is 33.6 Å². The molecule has 0 unspecified atom stereocenters. The van der Waals surface area contributed by atoms with Gasteiger partial charge in [-0.15, -0.1) is 10.2 Å². The molecule has 0 saturated carbocycles. The second kappa shape index (κ2) is 11.2. The van der Waals surface area contributed by atoms with Crippen molar-refractivity contribution in [2.24, 2.45) is 5.92 Å². The van der Waals surface area contributed by atoms with Gasteiger partial charge in [0.05, 0.1) is 5.75 Å². The average molecular weight is 449 g/mol. The normalized spacial score (nSPS) is 13.4. The van der Waals surface area contributed by atoms with Gasteiger partial charge in [-0.2, -0.15) is 0 Å². The molecular weight excluding hydrogens is 416 g/mol. The van der Waals surface area contributed by atoms with Crippen LogP contribution in [-0.2, 0) is 16.0 Å². The second-order valence-corrected chi connectivity index (χ2v) is 9.19. The zero-order chi connectivity index (χ0) is 23.0. The summed E-state index contributed by atoms with van der Waals surface area (Å²) in [7, 11) is 0. The molecule has 0 aliphatic rings. The van der Waals surface area contributed by atoms with Gasteiger partial charge in [-0.25, -0.2) is 4.79 Å². The third-order valence-corrected chi connectivity index (χ3v) is 5.39. The molecule has 0 radical (unpaired) electrons. The number of alkyl carbamates (subject to hydrolysis) is 1. The van der Waals surface area contributed by atoms with Crippen LogP contribution >= 0.6 is 11.8 Å². The van der Waals surface area contributed by atoms with Crippen LogP contribution in [0.5, 0.6) is 0 Å². The number of nitrogens with one attached hydrogen (secondary N) is 2. The fourth-order valence-electron chi connectivity index (χ4n) is 2.79. The van der Waals surface area contributed by atoms with E-state index in [4.69, 9.17) is 9.15 Å². The standard InChI is InChI=1S/C22H32N4O4S/c1-7-14(3)18(24-20(28)30-22(4,5)6)19-25-26-21(29-19)31-13-17(27)23-16-12-10-9-11-15(16)8-2/h9-12,14,18H,7-8,13H2,1-6H3,(H,23,27)(H,24,28)/t14-,18+/m0/s1. The summed E-state index contributed by atoms with van der Waals surface area (Å²) in [4.78, 5) is 24.6. The van der Waals surface area contributed by atoms with Crippen LogP contribution in [0.4, 0.5) is 10.5 Å². The van der Waals surface area contributed by atoms with Gasteiger partial charge in [0.25, 0.3) is 5.22 Å². The molecule has 0 bridgehead atoms. The second-order valence-electron chi connectivity index (χ2n) is 8.26. The van der Waals surface area contributed by atoms with E-state index < -0.39 is 17.7 Å². The molecule has 2 rings (SSSR count). The van der Waals surface area contributed by atoms with Crippen molar-refractivity contribution in [1.29, 1.82) is 0 Å². The van der Waals surface area contributed by atoms with Gasteiger partial charge in [0.15, 0.2) is 0 Å². The zero-order valence-electron chi connectivity index (χ0n) is 19.0. The summed E-state index contributed by atoms with van der Waals surface area (Å²) in [5.74, 6) is 0.322. The molecule has 0 aliphatic heterocycles. The lowest BCUT2D eigenvalue weighted by molar-refractivity contribution is -0.113. The van der Waals surface area contributed by atoms with Crippen molar-refractivity contribution in [2.45, 2.75) is 71.2 Å². The average Bonchev–Trinajstić information content (AvgIpc) is 3.17. The van der Waals surface area contributed by atoms with Gasteiger partial charge in [0, 0.05) is 5.69 Å². The predicted octanol–water partition coefficient (Wildman–Crippen LogP) is 4.97. The van der Waals surface area contributed by atoms with E-state index in [9.17, 15) is 9.59 Å². The maximum absolute atomic E-state index is 12.3. The molecule has 0 fully saturated rings. The lowest BCUT2D eigenvalue weighted by Crippen LogP contribution is -2.37. The molecule has 1 heterocycles. The molecule has 9 heteroatoms. The number of rotatable bonds is 9. The number of para-hydroxylation sites is 1. The van der Waals surface area contributed by atoms with Gasteiger partial charge >= 0.3 is 6.09 Å². The first-order valence-corrected chi connectivity index (χ1v) is 11.4. The highest BCUT2D eigenvalue weighted by molar-refractivity contribution is 7.99. The Morgan fingerprint density at radius 1 is 1.19 bits per heavy atom. The Morgan fingerprint density at radius 3 is 2.55 bits per heavy atom. The highest BCUT2D eigenvalue weighted by Crippen LogP contribution is 2.27. The number of thioether (sulfide) groups is 1. The monoisotopic (exact) mass is 448 g/mol. The third kappa shape index (κ3) is 7.90. The minimum absolute atomic E-state index is 0.0552. The van der Waals surface area contributed by atoms with Crippen LogP contribution < -0.4 is 10.6 Å². The molecular formula is C22H32N4O4S. The maximum Gasteiger partial charge on any atom is 0.408 e. The van der Waals surface area contributed by atoms with Crippen LogP contribution in [0.2, 0.25) is 0 Å². The van der Waals surface area contributed by atoms with Crippen molar-refractivity contribution in [1.82, 2.24) is 15.5 Å². The van der Waals surface area contributed by atoms with Crippen LogP contribution in [0.25, 0.3) is 0 Å². The van der Waals surface area contributed by atoms with Crippen molar-refractivity contribution in [3.8, 4) is 0 Å². The molecule has 1 aromatic heterocycles. The largest absolute Gasteiger partial charge is 0.444 e. The first kappa shape index (κ1) is 24.7. The predicted molar refractivity (Wildman–Crippen MR) is 121 cm³/mol. The summed E-state index contributed by atoms with van der Waals surface area (Å²) >= 11 is 1.15. The number of benzene rings is 1. The fourth-order valence-corrected chi connectivity index (χ4v) is 3.36. The van der Waals surface area contributed by atoms with E-state index in [0.717, 1.165) is 35.9 Å². The third-order valence-electron chi connectivity index (χ3n) is 4.57. The Bertz CT molecular complexity index is 878. The number of nitrogens with zero attached hydrogens (tertiary/aromatic N) is 2. The summed E-state index contributed by atoms with van der Waals surface area (Å²) in [6, 6.07) is 7.22. The Labute approximate surface area is 187 Å². The van der Waals surface area contributed by atoms with E-state index in [-0.39, 0.29) is 22.8 Å². The summed E-state index contributed by atoms with van der Waals surface area (Å²) in [5, 5.41) is 14.1. The molecule has 8 nitrogen and oxygen atoms in total. The van der Waals surface area contributed by atoms with Gasteiger partial charge in [-0.3, -0.25) is 4.79 Å². The first-order chi connectivity index (χ1) is 14.6. The van der Waals surface area contributed by atoms with E-state index >= 15 is 0 Å². The van der Waals surface area contributed by atoms with E-state index in [1.165, 1.54) is 0 Å². The van der Waals surface area contributed by atoms with Gasteiger partial charge in [-0.1, -0.05) is 57.2 Å². The van der Waals surface area contributed by atoms with E-state index in [0.29, 0.717) is 5.89 Å². The fraction of sp³-hybridized carbons (Fsp3) is 0.545. The number of ether oxygens (including phenoxy) is 1. The van der Waals surface area contributed by atoms with Gasteiger partial charge in [-0.05, 0) is 44.7 Å². The molecule has 0 aliphatic carbocycles. The van der Waals surface area contributed by atoms with E-state index in [1.54, 1.807) is 20.8 Å². The van der Waals surface area contributed by atoms with Crippen molar-refractivity contribution in [2.75, 3.05) is 11.1 Å². The van der Waals surface area contributed by atoms with Crippen molar-refractivity contribution in [3.63, 3.8) is 0 Å². The number of hydrogen-bond acceptors (Lipinski definition) is 7. The topological polar surface area (TPSA) is 106 Å². The molecule has 31 heavy (non-hydrogen) atoms. The van der Waals surface area contributed by atoms with Crippen molar-refractivity contribution < 1.29 is 18.7 Å². The lowest BCUT2D eigenvalue weighted by atomic mass is 9.99. The molecule has 2 N–H and O–H groups in total. The lowest BCUT2D eigenvalue weighted by Gasteiger charge is -2.24. The van der Waals surface area contributed by atoms with E-state index in [1.807, 2.05) is 45.0 Å². The van der Waals surface area contributed by atoms with Gasteiger partial charge < -0.3 is 19.8 Å². The van der Waals surface area contributed by atoms with Crippen molar-refractivity contribution >= 4 is 29.4 Å². The van der Waals surface area contributed by atoms with Gasteiger partial charge in [0.1, 0.15) is 11.6 Å². The smallest absolute Gasteiger partial charge is 0.408 e. The molecule has 2 atom stereocenters. The number of hydrogen-bond donors (Lipinski definition) is 2. The van der Waals surface area contributed by atoms with Crippen LogP contribution in [0.1, 0.15) is 65.5 Å². The number of amides is 2. The minimum atomic E-state index is -0.607. The number of carbonyl (C=O) groups is 2.